The second kappa shape index (κ2) is 11.2. The normalized spacial score (nSPS) is 17.7. The Kier molecular flexibility index (Phi) is 8.07. The van der Waals surface area contributed by atoms with E-state index in [4.69, 9.17) is 21.9 Å². The molecule has 2 aromatic rings. The van der Waals surface area contributed by atoms with Crippen molar-refractivity contribution in [3.8, 4) is 0 Å². The minimum atomic E-state index is -0.342. The van der Waals surface area contributed by atoms with Crippen LogP contribution in [0.1, 0.15) is 38.7 Å². The van der Waals surface area contributed by atoms with Crippen LogP contribution in [0.3, 0.4) is 0 Å². The summed E-state index contributed by atoms with van der Waals surface area (Å²) in [5, 5.41) is 0. The first kappa shape index (κ1) is 25.2. The molecule has 35 heavy (non-hydrogen) atoms. The number of anilines is 1. The van der Waals surface area contributed by atoms with Gasteiger partial charge in [0.2, 0.25) is 0 Å². The predicted molar refractivity (Wildman–Crippen MR) is 142 cm³/mol. The lowest BCUT2D eigenvalue weighted by atomic mass is 10.2. The third-order valence-corrected chi connectivity index (χ3v) is 7.37. The van der Waals surface area contributed by atoms with Gasteiger partial charge < -0.3 is 14.5 Å². The number of hydrogen-bond donors (Lipinski definition) is 0. The van der Waals surface area contributed by atoms with Crippen molar-refractivity contribution in [3.05, 3.63) is 45.2 Å². The summed E-state index contributed by atoms with van der Waals surface area (Å²) in [6.07, 6.45) is 5.91. The molecule has 2 aliphatic rings. The summed E-state index contributed by atoms with van der Waals surface area (Å²) in [4.78, 5) is 49.2. The molecule has 11 heteroatoms. The molecule has 2 aromatic heterocycles. The van der Waals surface area contributed by atoms with Crippen LogP contribution in [-0.2, 0) is 9.53 Å². The molecule has 0 bridgehead atoms. The Hall–Kier alpha value is -2.92. The highest BCUT2D eigenvalue weighted by Gasteiger charge is 2.33. The number of thiocarbonyl (C=S) groups is 1. The molecule has 4 rings (SSSR count). The Balaban J connectivity index is 1.68. The number of ether oxygens (including phenoxy) is 1. The minimum absolute atomic E-state index is 0.174. The number of carbonyl (C=O) groups is 2. The number of fused-ring (bicyclic) bond motifs is 1. The fourth-order valence-electron chi connectivity index (χ4n) is 4.12. The molecule has 0 atom stereocenters. The number of piperazine rings is 1. The number of carbonyl (C=O) groups excluding carboxylic acids is 2. The first-order chi connectivity index (χ1) is 16.9. The van der Waals surface area contributed by atoms with Crippen molar-refractivity contribution in [2.45, 2.75) is 33.1 Å². The Morgan fingerprint density at radius 3 is 2.66 bits per heavy atom. The van der Waals surface area contributed by atoms with Gasteiger partial charge in [-0.05, 0) is 31.6 Å². The van der Waals surface area contributed by atoms with Crippen LogP contribution in [0.15, 0.2) is 34.1 Å². The standard InChI is InChI=1S/C24H29N5O4S2/c1-3-5-7-11-29-22(31)18(35-24(29)34)16-17-20(25-19-9-6-8-10-28(19)21(17)30)26-12-14-27(15-13-26)23(32)33-4-2/h6,8-10,16H,3-5,7,11-15H2,1-2H3. The van der Waals surface area contributed by atoms with Gasteiger partial charge in [0.25, 0.3) is 11.5 Å². The van der Waals surface area contributed by atoms with Gasteiger partial charge in [-0.15, -0.1) is 0 Å². The maximum atomic E-state index is 13.5. The fraction of sp³-hybridized carbons (Fsp3) is 0.458. The molecule has 0 aliphatic carbocycles. The molecule has 2 amide bonds. The summed E-state index contributed by atoms with van der Waals surface area (Å²) >= 11 is 6.67. The van der Waals surface area contributed by atoms with Crippen molar-refractivity contribution in [1.82, 2.24) is 19.2 Å². The van der Waals surface area contributed by atoms with Gasteiger partial charge in [0.05, 0.1) is 17.1 Å². The number of thioether (sulfide) groups is 1. The summed E-state index contributed by atoms with van der Waals surface area (Å²) in [7, 11) is 0. The van der Waals surface area contributed by atoms with Gasteiger partial charge in [-0.2, -0.15) is 0 Å². The molecule has 2 aliphatic heterocycles. The lowest BCUT2D eigenvalue weighted by Crippen LogP contribution is -2.49. The third-order valence-electron chi connectivity index (χ3n) is 5.99. The van der Waals surface area contributed by atoms with Gasteiger partial charge in [-0.1, -0.05) is 49.8 Å². The maximum Gasteiger partial charge on any atom is 0.409 e. The Bertz CT molecular complexity index is 1220. The number of nitrogens with zero attached hydrogens (tertiary/aromatic N) is 5. The van der Waals surface area contributed by atoms with E-state index in [1.807, 2.05) is 11.0 Å². The highest BCUT2D eigenvalue weighted by molar-refractivity contribution is 8.26. The van der Waals surface area contributed by atoms with Crippen LogP contribution in [0.4, 0.5) is 10.6 Å². The first-order valence-corrected chi connectivity index (χ1v) is 13.1. The van der Waals surface area contributed by atoms with E-state index in [2.05, 4.69) is 6.92 Å². The van der Waals surface area contributed by atoms with Crippen molar-refractivity contribution in [1.29, 1.82) is 0 Å². The van der Waals surface area contributed by atoms with Gasteiger partial charge in [0, 0.05) is 38.9 Å². The van der Waals surface area contributed by atoms with Gasteiger partial charge in [-0.3, -0.25) is 18.9 Å². The van der Waals surface area contributed by atoms with Crippen molar-refractivity contribution >= 4 is 57.8 Å². The summed E-state index contributed by atoms with van der Waals surface area (Å²) in [6.45, 7) is 6.68. The highest BCUT2D eigenvalue weighted by atomic mass is 32.2. The van der Waals surface area contributed by atoms with Crippen molar-refractivity contribution in [2.24, 2.45) is 0 Å². The van der Waals surface area contributed by atoms with E-state index in [1.54, 1.807) is 41.1 Å². The van der Waals surface area contributed by atoms with Crippen molar-refractivity contribution in [2.75, 3.05) is 44.2 Å². The quantitative estimate of drug-likeness (QED) is 0.315. The average Bonchev–Trinajstić information content (AvgIpc) is 3.13. The molecule has 0 radical (unpaired) electrons. The van der Waals surface area contributed by atoms with Crippen LogP contribution >= 0.6 is 24.0 Å². The number of unbranched alkanes of at least 4 members (excludes halogenated alkanes) is 2. The second-order valence-corrected chi connectivity index (χ2v) is 9.97. The zero-order valence-corrected chi connectivity index (χ0v) is 21.6. The smallest absolute Gasteiger partial charge is 0.409 e. The highest BCUT2D eigenvalue weighted by Crippen LogP contribution is 2.34. The number of pyridine rings is 1. The van der Waals surface area contributed by atoms with Crippen LogP contribution in [0.2, 0.25) is 0 Å². The van der Waals surface area contributed by atoms with E-state index in [1.165, 1.54) is 16.2 Å². The number of rotatable bonds is 7. The topological polar surface area (TPSA) is 87.5 Å². The van der Waals surface area contributed by atoms with Gasteiger partial charge in [-0.25, -0.2) is 9.78 Å². The predicted octanol–water partition coefficient (Wildman–Crippen LogP) is 3.36. The summed E-state index contributed by atoms with van der Waals surface area (Å²) < 4.78 is 7.10. The number of aromatic nitrogens is 2. The third kappa shape index (κ3) is 5.35. The van der Waals surface area contributed by atoms with E-state index in [0.717, 1.165) is 19.3 Å². The maximum absolute atomic E-state index is 13.5. The van der Waals surface area contributed by atoms with Crippen LogP contribution in [0.5, 0.6) is 0 Å². The minimum Gasteiger partial charge on any atom is -0.450 e. The van der Waals surface area contributed by atoms with E-state index in [-0.39, 0.29) is 17.6 Å². The Morgan fingerprint density at radius 2 is 1.94 bits per heavy atom. The molecular formula is C24H29N5O4S2. The monoisotopic (exact) mass is 515 g/mol. The number of hydrogen-bond acceptors (Lipinski definition) is 8. The second-order valence-electron chi connectivity index (χ2n) is 8.30. The first-order valence-electron chi connectivity index (χ1n) is 11.9. The lowest BCUT2D eigenvalue weighted by molar-refractivity contribution is -0.122. The van der Waals surface area contributed by atoms with Crippen LogP contribution in [-0.4, -0.2) is 74.8 Å². The Labute approximate surface area is 213 Å². The molecule has 186 valence electrons. The van der Waals surface area contributed by atoms with Crippen molar-refractivity contribution < 1.29 is 14.3 Å². The molecule has 0 unspecified atom stereocenters. The molecule has 9 nitrogen and oxygen atoms in total. The van der Waals surface area contributed by atoms with E-state index >= 15 is 0 Å². The van der Waals surface area contributed by atoms with Crippen molar-refractivity contribution in [3.63, 3.8) is 0 Å². The van der Waals surface area contributed by atoms with Gasteiger partial charge in [0.15, 0.2) is 0 Å². The molecule has 0 aromatic carbocycles. The molecule has 0 saturated carbocycles. The van der Waals surface area contributed by atoms with Crippen LogP contribution < -0.4 is 10.5 Å². The van der Waals surface area contributed by atoms with Crippen LogP contribution in [0, 0.1) is 0 Å². The largest absolute Gasteiger partial charge is 0.450 e. The summed E-state index contributed by atoms with van der Waals surface area (Å²) in [6, 6.07) is 5.37. The SMILES string of the molecule is CCCCCN1C(=O)C(=Cc2c(N3CCN(C(=O)OCC)CC3)nc3ccccn3c2=O)SC1=S. The Morgan fingerprint density at radius 1 is 1.17 bits per heavy atom. The average molecular weight is 516 g/mol. The van der Waals surface area contributed by atoms with Crippen LogP contribution in [0.25, 0.3) is 11.7 Å². The van der Waals surface area contributed by atoms with E-state index in [0.29, 0.717) is 65.6 Å². The number of amides is 2. The molecule has 0 spiro atoms. The molecular weight excluding hydrogens is 486 g/mol. The van der Waals surface area contributed by atoms with Gasteiger partial charge in [0.1, 0.15) is 15.8 Å². The summed E-state index contributed by atoms with van der Waals surface area (Å²) in [5.74, 6) is 0.327. The van der Waals surface area contributed by atoms with E-state index in [9.17, 15) is 14.4 Å². The fourth-order valence-corrected chi connectivity index (χ4v) is 5.41. The lowest BCUT2D eigenvalue weighted by Gasteiger charge is -2.35. The molecule has 0 N–H and O–H groups in total. The molecule has 2 saturated heterocycles. The summed E-state index contributed by atoms with van der Waals surface area (Å²) in [5.41, 5.74) is 0.603. The zero-order valence-electron chi connectivity index (χ0n) is 19.9. The molecule has 2 fully saturated rings. The van der Waals surface area contributed by atoms with E-state index < -0.39 is 0 Å². The zero-order chi connectivity index (χ0) is 24.9. The van der Waals surface area contributed by atoms with Gasteiger partial charge >= 0.3 is 6.09 Å². The molecule has 4 heterocycles.